The van der Waals surface area contributed by atoms with Gasteiger partial charge < -0.3 is 9.47 Å². The number of carbonyl (C=O) groups excluding carboxylic acids is 1. The normalized spacial score (nSPS) is 15.6. The SMILES string of the molecule is COc1ccc(Br)cc1[C@H]1C(C(=O)OC(C)C)=C(C)N=c2s/c(=C\c3ccc4c(c3)n(C)c(=O)n4C)c(=O)n21. The third-order valence-electron chi connectivity index (χ3n) is 6.66. The second-order valence-corrected chi connectivity index (χ2v) is 11.5. The lowest BCUT2D eigenvalue weighted by Gasteiger charge is -2.26. The molecule has 1 aliphatic rings. The molecule has 0 spiro atoms. The maximum Gasteiger partial charge on any atom is 0.338 e. The summed E-state index contributed by atoms with van der Waals surface area (Å²) < 4.78 is 17.1. The zero-order valence-electron chi connectivity index (χ0n) is 22.3. The molecule has 0 aliphatic carbocycles. The second kappa shape index (κ2) is 10.1. The molecule has 0 N–H and O–H groups in total. The minimum absolute atomic E-state index is 0.124. The number of aromatic nitrogens is 3. The van der Waals surface area contributed by atoms with Crippen LogP contribution in [-0.2, 0) is 23.6 Å². The predicted octanol–water partition coefficient (Wildman–Crippen LogP) is 3.15. The van der Waals surface area contributed by atoms with E-state index in [9.17, 15) is 14.4 Å². The van der Waals surface area contributed by atoms with E-state index in [0.29, 0.717) is 26.3 Å². The van der Waals surface area contributed by atoms with Crippen LogP contribution in [0.5, 0.6) is 5.75 Å². The molecule has 9 nitrogen and oxygen atoms in total. The van der Waals surface area contributed by atoms with Gasteiger partial charge in [-0.15, -0.1) is 0 Å². The van der Waals surface area contributed by atoms with Gasteiger partial charge in [0.15, 0.2) is 4.80 Å². The van der Waals surface area contributed by atoms with Crippen molar-refractivity contribution < 1.29 is 14.3 Å². The maximum atomic E-state index is 14.0. The van der Waals surface area contributed by atoms with E-state index in [1.54, 1.807) is 63.3 Å². The largest absolute Gasteiger partial charge is 0.496 e. The van der Waals surface area contributed by atoms with E-state index in [4.69, 9.17) is 9.47 Å². The van der Waals surface area contributed by atoms with E-state index in [1.165, 1.54) is 15.9 Å². The van der Waals surface area contributed by atoms with Crippen LogP contribution in [0.4, 0.5) is 0 Å². The van der Waals surface area contributed by atoms with Gasteiger partial charge in [-0.1, -0.05) is 33.3 Å². The summed E-state index contributed by atoms with van der Waals surface area (Å²) in [6, 6.07) is 10.3. The number of nitrogens with zero attached hydrogens (tertiary/aromatic N) is 4. The molecule has 1 aliphatic heterocycles. The number of hydrogen-bond donors (Lipinski definition) is 0. The van der Waals surface area contributed by atoms with Crippen molar-refractivity contribution in [2.45, 2.75) is 32.9 Å². The van der Waals surface area contributed by atoms with E-state index >= 15 is 0 Å². The van der Waals surface area contributed by atoms with Crippen LogP contribution in [0.25, 0.3) is 17.1 Å². The summed E-state index contributed by atoms with van der Waals surface area (Å²) in [7, 11) is 4.99. The Morgan fingerprint density at radius 3 is 2.51 bits per heavy atom. The number of halogens is 1. The number of rotatable bonds is 5. The molecule has 0 saturated carbocycles. The lowest BCUT2D eigenvalue weighted by molar-refractivity contribution is -0.143. The van der Waals surface area contributed by atoms with Gasteiger partial charge in [0.05, 0.1) is 40.0 Å². The molecule has 0 fully saturated rings. The topological polar surface area (TPSA) is 96.8 Å². The van der Waals surface area contributed by atoms with Gasteiger partial charge in [0.1, 0.15) is 11.8 Å². The lowest BCUT2D eigenvalue weighted by Crippen LogP contribution is -2.40. The number of hydrogen-bond acceptors (Lipinski definition) is 7. The number of ether oxygens (including phenoxy) is 2. The molecule has 2 aromatic carbocycles. The lowest BCUT2D eigenvalue weighted by atomic mass is 9.95. The van der Waals surface area contributed by atoms with Gasteiger partial charge in [-0.05, 0) is 62.7 Å². The number of aryl methyl sites for hydroxylation is 2. The Bertz CT molecular complexity index is 1930. The number of fused-ring (bicyclic) bond motifs is 2. The molecule has 0 saturated heterocycles. The molecule has 0 radical (unpaired) electrons. The molecule has 2 aromatic heterocycles. The third-order valence-corrected chi connectivity index (χ3v) is 8.14. The van der Waals surface area contributed by atoms with Crippen molar-refractivity contribution in [2.75, 3.05) is 7.11 Å². The summed E-state index contributed by atoms with van der Waals surface area (Å²) in [6.07, 6.45) is 1.43. The highest BCUT2D eigenvalue weighted by Gasteiger charge is 2.35. The molecular weight excluding hydrogens is 584 g/mol. The number of carbonyl (C=O) groups is 1. The Hall–Kier alpha value is -3.70. The molecule has 0 unspecified atom stereocenters. The number of esters is 1. The monoisotopic (exact) mass is 610 g/mol. The van der Waals surface area contributed by atoms with Gasteiger partial charge in [0.2, 0.25) is 0 Å². The second-order valence-electron chi connectivity index (χ2n) is 9.57. The van der Waals surface area contributed by atoms with Crippen LogP contribution in [-0.4, -0.2) is 32.9 Å². The van der Waals surface area contributed by atoms with Crippen molar-refractivity contribution >= 4 is 50.3 Å². The highest BCUT2D eigenvalue weighted by molar-refractivity contribution is 9.10. The zero-order valence-corrected chi connectivity index (χ0v) is 24.7. The van der Waals surface area contributed by atoms with Crippen molar-refractivity contribution in [1.29, 1.82) is 0 Å². The Labute approximate surface area is 236 Å². The predicted molar refractivity (Wildman–Crippen MR) is 154 cm³/mol. The first kappa shape index (κ1) is 26.9. The van der Waals surface area contributed by atoms with E-state index in [0.717, 1.165) is 21.1 Å². The number of methoxy groups -OCH3 is 1. The fourth-order valence-corrected chi connectivity index (χ4v) is 6.26. The van der Waals surface area contributed by atoms with Gasteiger partial charge >= 0.3 is 11.7 Å². The summed E-state index contributed by atoms with van der Waals surface area (Å²) in [6.45, 7) is 5.30. The summed E-state index contributed by atoms with van der Waals surface area (Å²) in [5, 5.41) is 0. The summed E-state index contributed by atoms with van der Waals surface area (Å²) in [5.41, 5.74) is 3.28. The number of benzene rings is 2. The average molecular weight is 612 g/mol. The van der Waals surface area contributed by atoms with Gasteiger partial charge in [-0.25, -0.2) is 14.6 Å². The van der Waals surface area contributed by atoms with Crippen LogP contribution in [0.3, 0.4) is 0 Å². The maximum absolute atomic E-state index is 14.0. The Morgan fingerprint density at radius 2 is 1.82 bits per heavy atom. The van der Waals surface area contributed by atoms with Gasteiger partial charge in [-0.2, -0.15) is 0 Å². The number of thiazole rings is 1. The van der Waals surface area contributed by atoms with Crippen LogP contribution in [0, 0.1) is 0 Å². The minimum atomic E-state index is -0.806. The summed E-state index contributed by atoms with van der Waals surface area (Å²) in [5.74, 6) is -0.0132. The molecule has 5 rings (SSSR count). The number of imidazole rings is 1. The first-order chi connectivity index (χ1) is 18.5. The van der Waals surface area contributed by atoms with Crippen molar-refractivity contribution in [3.63, 3.8) is 0 Å². The van der Waals surface area contributed by atoms with E-state index in [-0.39, 0.29) is 22.9 Å². The van der Waals surface area contributed by atoms with Crippen molar-refractivity contribution in [3.8, 4) is 5.75 Å². The van der Waals surface area contributed by atoms with E-state index < -0.39 is 12.0 Å². The fourth-order valence-electron chi connectivity index (χ4n) is 4.84. The van der Waals surface area contributed by atoms with Gasteiger partial charge in [0.25, 0.3) is 5.56 Å². The molecule has 39 heavy (non-hydrogen) atoms. The van der Waals surface area contributed by atoms with E-state index in [1.807, 2.05) is 30.3 Å². The summed E-state index contributed by atoms with van der Waals surface area (Å²) in [4.78, 5) is 44.8. The standard InChI is InChI=1S/C28H27BrN4O5S/c1-14(2)38-26(35)23-15(3)30-27-33(24(23)18-13-17(29)8-10-21(18)37-6)25(34)22(39-27)12-16-7-9-19-20(11-16)32(5)28(36)31(19)4/h7-14,24H,1-6H3/b22-12-/t24-/m0/s1. The van der Waals surface area contributed by atoms with Crippen molar-refractivity contribution in [3.05, 3.63) is 93.4 Å². The van der Waals surface area contributed by atoms with Gasteiger partial charge in [-0.3, -0.25) is 18.5 Å². The molecule has 3 heterocycles. The molecule has 0 amide bonds. The minimum Gasteiger partial charge on any atom is -0.496 e. The molecule has 1 atom stereocenters. The molecular formula is C28H27BrN4O5S. The average Bonchev–Trinajstić information content (AvgIpc) is 3.30. The summed E-state index contributed by atoms with van der Waals surface area (Å²) >= 11 is 4.75. The zero-order chi connectivity index (χ0) is 28.2. The molecule has 4 aromatic rings. The fraction of sp³-hybridized carbons (Fsp3) is 0.286. The van der Waals surface area contributed by atoms with Crippen LogP contribution in [0.1, 0.15) is 37.9 Å². The Kier molecular flexibility index (Phi) is 6.98. The third kappa shape index (κ3) is 4.59. The van der Waals surface area contributed by atoms with Crippen LogP contribution in [0.15, 0.2) is 66.7 Å². The first-order valence-electron chi connectivity index (χ1n) is 12.2. The molecule has 11 heteroatoms. The van der Waals surface area contributed by atoms with Gasteiger partial charge in [0, 0.05) is 24.1 Å². The Balaban J connectivity index is 1.76. The number of allylic oxidation sites excluding steroid dienone is 1. The van der Waals surface area contributed by atoms with Crippen LogP contribution >= 0.6 is 27.3 Å². The van der Waals surface area contributed by atoms with E-state index in [2.05, 4.69) is 20.9 Å². The van der Waals surface area contributed by atoms with Crippen LogP contribution < -0.4 is 25.3 Å². The highest BCUT2D eigenvalue weighted by atomic mass is 79.9. The highest BCUT2D eigenvalue weighted by Crippen LogP contribution is 2.37. The Morgan fingerprint density at radius 1 is 1.10 bits per heavy atom. The molecule has 0 bridgehead atoms. The smallest absolute Gasteiger partial charge is 0.338 e. The first-order valence-corrected chi connectivity index (χ1v) is 13.8. The quantitative estimate of drug-likeness (QED) is 0.323. The van der Waals surface area contributed by atoms with Crippen molar-refractivity contribution in [1.82, 2.24) is 13.7 Å². The van der Waals surface area contributed by atoms with Crippen LogP contribution in [0.2, 0.25) is 0 Å². The van der Waals surface area contributed by atoms with Crippen molar-refractivity contribution in [2.24, 2.45) is 19.1 Å². The molecule has 202 valence electrons.